The van der Waals surface area contributed by atoms with E-state index in [1.54, 1.807) is 30.0 Å². The third-order valence-corrected chi connectivity index (χ3v) is 4.20. The molecule has 112 valence electrons. The summed E-state index contributed by atoms with van der Waals surface area (Å²) in [4.78, 5) is 11.8. The lowest BCUT2D eigenvalue weighted by molar-refractivity contribution is -0.118. The number of rotatable bonds is 6. The van der Waals surface area contributed by atoms with Crippen molar-refractivity contribution in [1.82, 2.24) is 5.32 Å². The predicted molar refractivity (Wildman–Crippen MR) is 90.6 cm³/mol. The molecule has 2 aromatic carbocycles. The first-order valence-electron chi connectivity index (χ1n) is 6.75. The van der Waals surface area contributed by atoms with Crippen LogP contribution < -0.4 is 5.32 Å². The molecule has 22 heavy (non-hydrogen) atoms. The molecule has 3 nitrogen and oxygen atoms in total. The third-order valence-electron chi connectivity index (χ3n) is 2.96. The lowest BCUT2D eigenvalue weighted by atomic mass is 10.2. The number of benzene rings is 2. The Morgan fingerprint density at radius 3 is 2.64 bits per heavy atom. The number of carbonyl (C=O) groups is 1. The second-order valence-electron chi connectivity index (χ2n) is 4.71. The largest absolute Gasteiger partial charge is 0.351 e. The Morgan fingerprint density at radius 1 is 1.18 bits per heavy atom. The fraction of sp³-hybridized carbons (Fsp3) is 0.176. The van der Waals surface area contributed by atoms with Crippen molar-refractivity contribution in [3.05, 3.63) is 70.2 Å². The lowest BCUT2D eigenvalue weighted by Crippen LogP contribution is -2.24. The second-order valence-corrected chi connectivity index (χ2v) is 6.13. The van der Waals surface area contributed by atoms with Gasteiger partial charge in [0.05, 0.1) is 17.4 Å². The SMILES string of the molecule is N#Cc1ccc(CSCC(=O)NCc2cccc(Cl)c2)cc1. The molecule has 0 saturated carbocycles. The van der Waals surface area contributed by atoms with Crippen LogP contribution in [0.25, 0.3) is 0 Å². The molecular formula is C17H15ClN2OS. The predicted octanol–water partition coefficient (Wildman–Crippen LogP) is 3.76. The molecule has 2 aromatic rings. The van der Waals surface area contributed by atoms with Gasteiger partial charge in [-0.3, -0.25) is 4.79 Å². The number of thioether (sulfide) groups is 1. The summed E-state index contributed by atoms with van der Waals surface area (Å²) < 4.78 is 0. The molecule has 0 unspecified atom stereocenters. The van der Waals surface area contributed by atoms with Gasteiger partial charge in [-0.25, -0.2) is 0 Å². The molecule has 0 fully saturated rings. The van der Waals surface area contributed by atoms with Crippen molar-refractivity contribution in [2.24, 2.45) is 0 Å². The topological polar surface area (TPSA) is 52.9 Å². The Morgan fingerprint density at radius 2 is 1.95 bits per heavy atom. The first kappa shape index (κ1) is 16.4. The lowest BCUT2D eigenvalue weighted by Gasteiger charge is -2.06. The molecule has 0 heterocycles. The van der Waals surface area contributed by atoms with Gasteiger partial charge < -0.3 is 5.32 Å². The molecule has 0 bridgehead atoms. The number of hydrogen-bond donors (Lipinski definition) is 1. The Balaban J connectivity index is 1.70. The Labute approximate surface area is 139 Å². The molecule has 0 saturated heterocycles. The van der Waals surface area contributed by atoms with E-state index in [-0.39, 0.29) is 5.91 Å². The molecule has 1 amide bonds. The molecule has 0 atom stereocenters. The van der Waals surface area contributed by atoms with Gasteiger partial charge in [0, 0.05) is 17.3 Å². The summed E-state index contributed by atoms with van der Waals surface area (Å²) in [5.41, 5.74) is 2.73. The van der Waals surface area contributed by atoms with Crippen molar-refractivity contribution in [3.63, 3.8) is 0 Å². The van der Waals surface area contributed by atoms with E-state index >= 15 is 0 Å². The smallest absolute Gasteiger partial charge is 0.230 e. The quantitative estimate of drug-likeness (QED) is 0.877. The molecular weight excluding hydrogens is 316 g/mol. The van der Waals surface area contributed by atoms with Gasteiger partial charge in [0.1, 0.15) is 0 Å². The summed E-state index contributed by atoms with van der Waals surface area (Å²) in [6, 6.07) is 16.9. The standard InChI is InChI=1S/C17H15ClN2OS/c18-16-3-1-2-15(8-16)10-20-17(21)12-22-11-14-6-4-13(9-19)5-7-14/h1-8H,10-12H2,(H,20,21). The van der Waals surface area contributed by atoms with Gasteiger partial charge in [0.25, 0.3) is 0 Å². The molecule has 0 aliphatic carbocycles. The van der Waals surface area contributed by atoms with E-state index in [1.165, 1.54) is 0 Å². The van der Waals surface area contributed by atoms with Gasteiger partial charge in [-0.05, 0) is 35.4 Å². The van der Waals surface area contributed by atoms with Gasteiger partial charge in [-0.2, -0.15) is 5.26 Å². The van der Waals surface area contributed by atoms with Crippen LogP contribution in [0.2, 0.25) is 5.02 Å². The second kappa shape index (κ2) is 8.47. The maximum absolute atomic E-state index is 11.8. The zero-order valence-corrected chi connectivity index (χ0v) is 13.5. The van der Waals surface area contributed by atoms with Crippen molar-refractivity contribution >= 4 is 29.3 Å². The van der Waals surface area contributed by atoms with Crippen LogP contribution in [-0.4, -0.2) is 11.7 Å². The number of nitrogens with zero attached hydrogens (tertiary/aromatic N) is 1. The Kier molecular flexibility index (Phi) is 6.32. The van der Waals surface area contributed by atoms with Crippen LogP contribution in [0, 0.1) is 11.3 Å². The maximum Gasteiger partial charge on any atom is 0.230 e. The van der Waals surface area contributed by atoms with Crippen LogP contribution >= 0.6 is 23.4 Å². The van der Waals surface area contributed by atoms with E-state index in [1.807, 2.05) is 30.3 Å². The van der Waals surface area contributed by atoms with Crippen molar-refractivity contribution in [3.8, 4) is 6.07 Å². The van der Waals surface area contributed by atoms with Gasteiger partial charge in [-0.1, -0.05) is 35.9 Å². The highest BCUT2D eigenvalue weighted by molar-refractivity contribution is 7.99. The van der Waals surface area contributed by atoms with E-state index < -0.39 is 0 Å². The summed E-state index contributed by atoms with van der Waals surface area (Å²) in [5, 5.41) is 12.3. The average Bonchev–Trinajstić information content (AvgIpc) is 2.54. The van der Waals surface area contributed by atoms with E-state index in [9.17, 15) is 4.79 Å². The van der Waals surface area contributed by atoms with Crippen LogP contribution in [0.3, 0.4) is 0 Å². The first-order valence-corrected chi connectivity index (χ1v) is 8.28. The summed E-state index contributed by atoms with van der Waals surface area (Å²) in [7, 11) is 0. The minimum absolute atomic E-state index is 0.00128. The van der Waals surface area contributed by atoms with Crippen molar-refractivity contribution in [2.75, 3.05) is 5.75 Å². The van der Waals surface area contributed by atoms with Crippen LogP contribution in [0.1, 0.15) is 16.7 Å². The third kappa shape index (κ3) is 5.44. The van der Waals surface area contributed by atoms with E-state index in [0.29, 0.717) is 22.9 Å². The molecule has 0 spiro atoms. The van der Waals surface area contributed by atoms with Gasteiger partial charge in [0.2, 0.25) is 5.91 Å². The number of hydrogen-bond acceptors (Lipinski definition) is 3. The highest BCUT2D eigenvalue weighted by Gasteiger charge is 2.03. The number of carbonyl (C=O) groups excluding carboxylic acids is 1. The van der Waals surface area contributed by atoms with Gasteiger partial charge in [-0.15, -0.1) is 11.8 Å². The Bertz CT molecular complexity index is 680. The number of amides is 1. The maximum atomic E-state index is 11.8. The van der Waals surface area contributed by atoms with Crippen LogP contribution in [0.4, 0.5) is 0 Å². The molecule has 0 aromatic heterocycles. The Hall–Kier alpha value is -1.96. The highest BCUT2D eigenvalue weighted by Crippen LogP contribution is 2.13. The summed E-state index contributed by atoms with van der Waals surface area (Å²) >= 11 is 7.44. The van der Waals surface area contributed by atoms with Crippen molar-refractivity contribution < 1.29 is 4.79 Å². The summed E-state index contributed by atoms with van der Waals surface area (Å²) in [6.07, 6.45) is 0. The monoisotopic (exact) mass is 330 g/mol. The van der Waals surface area contributed by atoms with Crippen LogP contribution in [0.5, 0.6) is 0 Å². The van der Waals surface area contributed by atoms with Gasteiger partial charge >= 0.3 is 0 Å². The summed E-state index contributed by atoms with van der Waals surface area (Å²) in [6.45, 7) is 0.483. The molecule has 0 aliphatic rings. The first-order chi connectivity index (χ1) is 10.7. The normalized spacial score (nSPS) is 10.0. The fourth-order valence-corrected chi connectivity index (χ4v) is 2.87. The molecule has 0 aliphatic heterocycles. The molecule has 0 radical (unpaired) electrons. The average molecular weight is 331 g/mol. The van der Waals surface area contributed by atoms with Crippen LogP contribution in [-0.2, 0) is 17.1 Å². The number of halogens is 1. The zero-order chi connectivity index (χ0) is 15.8. The minimum Gasteiger partial charge on any atom is -0.351 e. The number of nitriles is 1. The summed E-state index contributed by atoms with van der Waals surface area (Å²) in [5.74, 6) is 1.15. The highest BCUT2D eigenvalue weighted by atomic mass is 35.5. The van der Waals surface area contributed by atoms with Crippen molar-refractivity contribution in [1.29, 1.82) is 5.26 Å². The molecule has 1 N–H and O–H groups in total. The number of nitrogens with one attached hydrogen (secondary N) is 1. The van der Waals surface area contributed by atoms with Crippen LogP contribution in [0.15, 0.2) is 48.5 Å². The fourth-order valence-electron chi connectivity index (χ4n) is 1.84. The zero-order valence-electron chi connectivity index (χ0n) is 11.9. The van der Waals surface area contributed by atoms with E-state index in [4.69, 9.17) is 16.9 Å². The van der Waals surface area contributed by atoms with E-state index in [2.05, 4.69) is 11.4 Å². The van der Waals surface area contributed by atoms with Crippen molar-refractivity contribution in [2.45, 2.75) is 12.3 Å². The van der Waals surface area contributed by atoms with E-state index in [0.717, 1.165) is 16.9 Å². The molecule has 2 rings (SSSR count). The minimum atomic E-state index is -0.00128. The van der Waals surface area contributed by atoms with Gasteiger partial charge in [0.15, 0.2) is 0 Å². The molecule has 5 heteroatoms.